The van der Waals surface area contributed by atoms with Crippen LogP contribution in [0.4, 0.5) is 17.6 Å². The highest BCUT2D eigenvalue weighted by molar-refractivity contribution is 5.27. The van der Waals surface area contributed by atoms with Crippen LogP contribution in [0.5, 0.6) is 0 Å². The van der Waals surface area contributed by atoms with E-state index in [-0.39, 0.29) is 18.7 Å². The van der Waals surface area contributed by atoms with Crippen molar-refractivity contribution < 1.29 is 22.4 Å². The molecule has 0 spiro atoms. The van der Waals surface area contributed by atoms with Crippen LogP contribution in [0.1, 0.15) is 16.7 Å². The van der Waals surface area contributed by atoms with Gasteiger partial charge in [-0.15, -0.1) is 0 Å². The lowest BCUT2D eigenvalue weighted by Gasteiger charge is -2.11. The van der Waals surface area contributed by atoms with E-state index in [1.54, 1.807) is 0 Å². The van der Waals surface area contributed by atoms with Crippen LogP contribution >= 0.6 is 0 Å². The van der Waals surface area contributed by atoms with Crippen LogP contribution in [-0.4, -0.2) is 0 Å². The van der Waals surface area contributed by atoms with Crippen LogP contribution in [0.2, 0.25) is 0 Å². The van der Waals surface area contributed by atoms with Gasteiger partial charge >= 0.3 is 6.18 Å². The number of rotatable bonds is 5. The minimum Gasteiger partial charge on any atom is -0.297 e. The minimum atomic E-state index is -4.70. The SMILES string of the molecule is Fc1ccc(CNOCc2ccccc2)cc1C(F)(F)F. The molecule has 1 N–H and O–H groups in total. The van der Waals surface area contributed by atoms with E-state index in [0.29, 0.717) is 0 Å². The van der Waals surface area contributed by atoms with Gasteiger partial charge in [-0.05, 0) is 23.3 Å². The molecule has 0 aliphatic carbocycles. The zero-order valence-corrected chi connectivity index (χ0v) is 11.0. The van der Waals surface area contributed by atoms with Gasteiger partial charge in [0.25, 0.3) is 0 Å². The summed E-state index contributed by atoms with van der Waals surface area (Å²) >= 11 is 0. The van der Waals surface area contributed by atoms with Gasteiger partial charge in [0.15, 0.2) is 0 Å². The molecule has 0 unspecified atom stereocenters. The number of hydrogen-bond donors (Lipinski definition) is 1. The molecule has 2 aromatic rings. The molecule has 0 amide bonds. The van der Waals surface area contributed by atoms with Crippen LogP contribution in [-0.2, 0) is 24.2 Å². The van der Waals surface area contributed by atoms with Gasteiger partial charge in [-0.25, -0.2) is 4.39 Å². The first-order chi connectivity index (χ1) is 9.97. The van der Waals surface area contributed by atoms with Crippen LogP contribution in [0.25, 0.3) is 0 Å². The van der Waals surface area contributed by atoms with E-state index in [0.717, 1.165) is 17.7 Å². The Kier molecular flexibility index (Phi) is 4.93. The van der Waals surface area contributed by atoms with Crippen molar-refractivity contribution in [2.45, 2.75) is 19.3 Å². The van der Waals surface area contributed by atoms with Gasteiger partial charge in [-0.1, -0.05) is 36.4 Å². The second-order valence-electron chi connectivity index (χ2n) is 4.41. The first-order valence-corrected chi connectivity index (χ1v) is 6.21. The Labute approximate surface area is 119 Å². The summed E-state index contributed by atoms with van der Waals surface area (Å²) in [6.07, 6.45) is -4.70. The molecule has 0 radical (unpaired) electrons. The maximum absolute atomic E-state index is 13.1. The molecule has 0 atom stereocenters. The molecule has 2 rings (SSSR count). The van der Waals surface area contributed by atoms with Crippen molar-refractivity contribution in [2.75, 3.05) is 0 Å². The van der Waals surface area contributed by atoms with Gasteiger partial charge in [0.1, 0.15) is 5.82 Å². The highest BCUT2D eigenvalue weighted by Crippen LogP contribution is 2.31. The molecule has 0 saturated carbocycles. The average Bonchev–Trinajstić information content (AvgIpc) is 2.45. The summed E-state index contributed by atoms with van der Waals surface area (Å²) in [4.78, 5) is 5.15. The highest BCUT2D eigenvalue weighted by Gasteiger charge is 2.34. The zero-order chi connectivity index (χ0) is 15.3. The molecule has 6 heteroatoms. The van der Waals surface area contributed by atoms with Gasteiger partial charge in [-0.2, -0.15) is 18.7 Å². The zero-order valence-electron chi connectivity index (χ0n) is 11.0. The summed E-state index contributed by atoms with van der Waals surface area (Å²) in [7, 11) is 0. The van der Waals surface area contributed by atoms with Crippen molar-refractivity contribution in [3.63, 3.8) is 0 Å². The lowest BCUT2D eigenvalue weighted by molar-refractivity contribution is -0.140. The molecule has 112 valence electrons. The number of benzene rings is 2. The summed E-state index contributed by atoms with van der Waals surface area (Å²) in [6, 6.07) is 12.2. The number of hydrogen-bond acceptors (Lipinski definition) is 2. The molecule has 0 aliphatic rings. The van der Waals surface area contributed by atoms with Gasteiger partial charge < -0.3 is 0 Å². The van der Waals surface area contributed by atoms with E-state index in [1.165, 1.54) is 6.07 Å². The molecular formula is C15H13F4NO. The third-order valence-electron chi connectivity index (χ3n) is 2.80. The van der Waals surface area contributed by atoms with Crippen LogP contribution < -0.4 is 5.48 Å². The van der Waals surface area contributed by atoms with Crippen molar-refractivity contribution in [1.29, 1.82) is 0 Å². The Bertz CT molecular complexity index is 584. The molecule has 0 saturated heterocycles. The second kappa shape index (κ2) is 6.69. The van der Waals surface area contributed by atoms with E-state index in [1.807, 2.05) is 30.3 Å². The lowest BCUT2D eigenvalue weighted by Crippen LogP contribution is -2.15. The fourth-order valence-electron chi connectivity index (χ4n) is 1.74. The van der Waals surface area contributed by atoms with Gasteiger partial charge in [0.05, 0.1) is 12.2 Å². The molecule has 0 aliphatic heterocycles. The Morgan fingerprint density at radius 3 is 2.33 bits per heavy atom. The summed E-state index contributed by atoms with van der Waals surface area (Å²) in [5.41, 5.74) is 2.50. The maximum atomic E-state index is 13.1. The molecule has 2 aromatic carbocycles. The van der Waals surface area contributed by atoms with Crippen LogP contribution in [0.3, 0.4) is 0 Å². The molecule has 0 heterocycles. The average molecular weight is 299 g/mol. The summed E-state index contributed by atoms with van der Waals surface area (Å²) in [6.45, 7) is 0.338. The molecule has 0 bridgehead atoms. The smallest absolute Gasteiger partial charge is 0.297 e. The number of halogens is 4. The molecule has 2 nitrogen and oxygen atoms in total. The molecule has 21 heavy (non-hydrogen) atoms. The Morgan fingerprint density at radius 1 is 0.952 bits per heavy atom. The Morgan fingerprint density at radius 2 is 1.67 bits per heavy atom. The monoisotopic (exact) mass is 299 g/mol. The summed E-state index contributed by atoms with van der Waals surface area (Å²) in [5, 5.41) is 0. The fourth-order valence-corrected chi connectivity index (χ4v) is 1.74. The van der Waals surface area contributed by atoms with Gasteiger partial charge in [0, 0.05) is 6.54 Å². The molecule has 0 fully saturated rings. The number of alkyl halides is 3. The third kappa shape index (κ3) is 4.54. The van der Waals surface area contributed by atoms with E-state index in [2.05, 4.69) is 5.48 Å². The number of hydroxylamine groups is 1. The predicted octanol–water partition coefficient (Wildman–Crippen LogP) is 4.07. The lowest BCUT2D eigenvalue weighted by atomic mass is 10.1. The normalized spacial score (nSPS) is 11.6. The summed E-state index contributed by atoms with van der Waals surface area (Å²) < 4.78 is 50.7. The Hall–Kier alpha value is -1.92. The largest absolute Gasteiger partial charge is 0.419 e. The van der Waals surface area contributed by atoms with Crippen molar-refractivity contribution in [3.05, 3.63) is 71.0 Å². The Balaban J connectivity index is 1.89. The van der Waals surface area contributed by atoms with Gasteiger partial charge in [-0.3, -0.25) is 4.84 Å². The second-order valence-corrected chi connectivity index (χ2v) is 4.41. The number of nitrogens with one attached hydrogen (secondary N) is 1. The summed E-state index contributed by atoms with van der Waals surface area (Å²) in [5.74, 6) is -1.28. The first kappa shape index (κ1) is 15.5. The maximum Gasteiger partial charge on any atom is 0.419 e. The van der Waals surface area contributed by atoms with Crippen LogP contribution in [0, 0.1) is 5.82 Å². The third-order valence-corrected chi connectivity index (χ3v) is 2.80. The predicted molar refractivity (Wildman–Crippen MR) is 69.5 cm³/mol. The molecular weight excluding hydrogens is 286 g/mol. The standard InChI is InChI=1S/C15H13F4NO/c16-14-7-6-12(8-13(14)15(17,18)19)9-20-21-10-11-4-2-1-3-5-11/h1-8,20H,9-10H2. The topological polar surface area (TPSA) is 21.3 Å². The van der Waals surface area contributed by atoms with E-state index < -0.39 is 17.6 Å². The van der Waals surface area contributed by atoms with Gasteiger partial charge in [0.2, 0.25) is 0 Å². The van der Waals surface area contributed by atoms with Crippen molar-refractivity contribution in [1.82, 2.24) is 5.48 Å². The quantitative estimate of drug-likeness (QED) is 0.510. The fraction of sp³-hybridized carbons (Fsp3) is 0.200. The highest BCUT2D eigenvalue weighted by atomic mass is 19.4. The molecule has 0 aromatic heterocycles. The first-order valence-electron chi connectivity index (χ1n) is 6.21. The van der Waals surface area contributed by atoms with E-state index in [4.69, 9.17) is 4.84 Å². The van der Waals surface area contributed by atoms with Crippen molar-refractivity contribution >= 4 is 0 Å². The van der Waals surface area contributed by atoms with E-state index >= 15 is 0 Å². The van der Waals surface area contributed by atoms with Crippen molar-refractivity contribution in [2.24, 2.45) is 0 Å². The van der Waals surface area contributed by atoms with Crippen molar-refractivity contribution in [3.8, 4) is 0 Å². The van der Waals surface area contributed by atoms with E-state index in [9.17, 15) is 17.6 Å². The minimum absolute atomic E-state index is 0.0518. The van der Waals surface area contributed by atoms with Crippen LogP contribution in [0.15, 0.2) is 48.5 Å².